The zero-order chi connectivity index (χ0) is 14.5. The summed E-state index contributed by atoms with van der Waals surface area (Å²) in [5.41, 5.74) is 2.25. The van der Waals surface area contributed by atoms with Crippen LogP contribution in [0.5, 0.6) is 5.75 Å². The molecule has 0 saturated carbocycles. The number of ether oxygens (including phenoxy) is 1. The average Bonchev–Trinajstić information content (AvgIpc) is 2.83. The standard InChI is InChI=1S/C15H21BrN2O2/c1-10(2)17-5-3-14(19)18-9-12-8-13(16)7-11-4-6-20-15(11)12/h7-8,10,17H,3-6,9H2,1-2H3,(H,18,19). The van der Waals surface area contributed by atoms with Gasteiger partial charge in [-0.25, -0.2) is 0 Å². The Balaban J connectivity index is 1.87. The van der Waals surface area contributed by atoms with Gasteiger partial charge in [-0.3, -0.25) is 4.79 Å². The molecule has 1 amide bonds. The van der Waals surface area contributed by atoms with Crippen molar-refractivity contribution >= 4 is 21.8 Å². The second-order valence-electron chi connectivity index (χ2n) is 5.29. The second kappa shape index (κ2) is 7.09. The third kappa shape index (κ3) is 4.21. The topological polar surface area (TPSA) is 50.4 Å². The van der Waals surface area contributed by atoms with E-state index in [0.717, 1.165) is 28.8 Å². The summed E-state index contributed by atoms with van der Waals surface area (Å²) in [4.78, 5) is 11.8. The number of nitrogens with one attached hydrogen (secondary N) is 2. The van der Waals surface area contributed by atoms with Crippen LogP contribution >= 0.6 is 15.9 Å². The van der Waals surface area contributed by atoms with Crippen LogP contribution in [0.4, 0.5) is 0 Å². The zero-order valence-electron chi connectivity index (χ0n) is 12.0. The summed E-state index contributed by atoms with van der Waals surface area (Å²) >= 11 is 3.50. The summed E-state index contributed by atoms with van der Waals surface area (Å²) in [5, 5.41) is 6.18. The van der Waals surface area contributed by atoms with E-state index < -0.39 is 0 Å². The number of fused-ring (bicyclic) bond motifs is 1. The van der Waals surface area contributed by atoms with E-state index in [0.29, 0.717) is 25.6 Å². The lowest BCUT2D eigenvalue weighted by atomic mass is 10.1. The molecule has 0 radical (unpaired) electrons. The van der Waals surface area contributed by atoms with Gasteiger partial charge in [0.15, 0.2) is 0 Å². The van der Waals surface area contributed by atoms with E-state index in [1.54, 1.807) is 0 Å². The highest BCUT2D eigenvalue weighted by molar-refractivity contribution is 9.10. The quantitative estimate of drug-likeness (QED) is 0.835. The Morgan fingerprint density at radius 1 is 1.45 bits per heavy atom. The minimum Gasteiger partial charge on any atom is -0.493 e. The summed E-state index contributed by atoms with van der Waals surface area (Å²) in [7, 11) is 0. The van der Waals surface area contributed by atoms with E-state index in [-0.39, 0.29) is 5.91 Å². The fourth-order valence-electron chi connectivity index (χ4n) is 2.23. The highest BCUT2D eigenvalue weighted by Crippen LogP contribution is 2.32. The van der Waals surface area contributed by atoms with Crippen LogP contribution in [0.2, 0.25) is 0 Å². The molecule has 1 aromatic rings. The number of amides is 1. The monoisotopic (exact) mass is 340 g/mol. The molecular weight excluding hydrogens is 320 g/mol. The van der Waals surface area contributed by atoms with Gasteiger partial charge in [0.25, 0.3) is 0 Å². The molecule has 1 aromatic carbocycles. The fraction of sp³-hybridized carbons (Fsp3) is 0.533. The van der Waals surface area contributed by atoms with Crippen molar-refractivity contribution in [2.45, 2.75) is 39.3 Å². The fourth-order valence-corrected chi connectivity index (χ4v) is 2.79. The van der Waals surface area contributed by atoms with E-state index in [9.17, 15) is 4.79 Å². The third-order valence-corrected chi connectivity index (χ3v) is 3.66. The van der Waals surface area contributed by atoms with Crippen molar-refractivity contribution in [2.75, 3.05) is 13.2 Å². The Morgan fingerprint density at radius 2 is 2.25 bits per heavy atom. The Kier molecular flexibility index (Phi) is 5.43. The van der Waals surface area contributed by atoms with Gasteiger partial charge in [0.2, 0.25) is 5.91 Å². The van der Waals surface area contributed by atoms with Crippen LogP contribution in [0.15, 0.2) is 16.6 Å². The predicted octanol–water partition coefficient (Wildman–Crippen LogP) is 2.39. The molecule has 0 saturated heterocycles. The Morgan fingerprint density at radius 3 is 3.00 bits per heavy atom. The lowest BCUT2D eigenvalue weighted by Crippen LogP contribution is -2.30. The first kappa shape index (κ1) is 15.3. The lowest BCUT2D eigenvalue weighted by Gasteiger charge is -2.11. The number of carbonyl (C=O) groups is 1. The molecule has 0 spiro atoms. The van der Waals surface area contributed by atoms with Gasteiger partial charge < -0.3 is 15.4 Å². The van der Waals surface area contributed by atoms with E-state index in [2.05, 4.69) is 46.5 Å². The number of halogens is 1. The van der Waals surface area contributed by atoms with Crippen LogP contribution in [0.3, 0.4) is 0 Å². The van der Waals surface area contributed by atoms with Gasteiger partial charge in [-0.2, -0.15) is 0 Å². The van der Waals surface area contributed by atoms with Gasteiger partial charge in [-0.05, 0) is 17.7 Å². The third-order valence-electron chi connectivity index (χ3n) is 3.21. The van der Waals surface area contributed by atoms with Crippen molar-refractivity contribution in [3.05, 3.63) is 27.7 Å². The van der Waals surface area contributed by atoms with Crippen molar-refractivity contribution in [3.8, 4) is 5.75 Å². The number of hydrogen-bond donors (Lipinski definition) is 2. The molecule has 110 valence electrons. The van der Waals surface area contributed by atoms with E-state index >= 15 is 0 Å². The second-order valence-corrected chi connectivity index (χ2v) is 6.20. The van der Waals surface area contributed by atoms with Crippen molar-refractivity contribution in [1.82, 2.24) is 10.6 Å². The molecule has 4 nitrogen and oxygen atoms in total. The SMILES string of the molecule is CC(C)NCCC(=O)NCc1cc(Br)cc2c1OCC2. The molecule has 5 heteroatoms. The van der Waals surface area contributed by atoms with Crippen molar-refractivity contribution in [2.24, 2.45) is 0 Å². The van der Waals surface area contributed by atoms with E-state index in [1.807, 2.05) is 6.07 Å². The summed E-state index contributed by atoms with van der Waals surface area (Å²) in [6.07, 6.45) is 1.43. The molecule has 2 rings (SSSR count). The molecule has 0 fully saturated rings. The van der Waals surface area contributed by atoms with Crippen molar-refractivity contribution < 1.29 is 9.53 Å². The van der Waals surface area contributed by atoms with Crippen LogP contribution < -0.4 is 15.4 Å². The van der Waals surface area contributed by atoms with Crippen LogP contribution in [-0.4, -0.2) is 25.1 Å². The molecule has 2 N–H and O–H groups in total. The maximum Gasteiger partial charge on any atom is 0.221 e. The smallest absolute Gasteiger partial charge is 0.221 e. The van der Waals surface area contributed by atoms with E-state index in [4.69, 9.17) is 4.74 Å². The molecule has 0 aliphatic carbocycles. The number of rotatable bonds is 6. The molecule has 1 aliphatic rings. The highest BCUT2D eigenvalue weighted by Gasteiger charge is 2.17. The maximum atomic E-state index is 11.8. The summed E-state index contributed by atoms with van der Waals surface area (Å²) < 4.78 is 6.68. The summed E-state index contributed by atoms with van der Waals surface area (Å²) in [6.45, 7) is 6.09. The van der Waals surface area contributed by atoms with Gasteiger partial charge in [0.05, 0.1) is 6.61 Å². The lowest BCUT2D eigenvalue weighted by molar-refractivity contribution is -0.121. The zero-order valence-corrected chi connectivity index (χ0v) is 13.5. The molecule has 0 aromatic heterocycles. The van der Waals surface area contributed by atoms with Crippen LogP contribution in [0, 0.1) is 0 Å². The summed E-state index contributed by atoms with van der Waals surface area (Å²) in [6, 6.07) is 4.50. The maximum absolute atomic E-state index is 11.8. The minimum absolute atomic E-state index is 0.0601. The Hall–Kier alpha value is -1.07. The number of carbonyl (C=O) groups excluding carboxylic acids is 1. The van der Waals surface area contributed by atoms with Crippen LogP contribution in [0.1, 0.15) is 31.4 Å². The van der Waals surface area contributed by atoms with Gasteiger partial charge in [-0.1, -0.05) is 29.8 Å². The number of hydrogen-bond acceptors (Lipinski definition) is 3. The molecular formula is C15H21BrN2O2. The van der Waals surface area contributed by atoms with E-state index in [1.165, 1.54) is 5.56 Å². The summed E-state index contributed by atoms with van der Waals surface area (Å²) in [5.74, 6) is 0.999. The van der Waals surface area contributed by atoms with Crippen LogP contribution in [0.25, 0.3) is 0 Å². The molecule has 0 unspecified atom stereocenters. The van der Waals surface area contributed by atoms with Crippen molar-refractivity contribution in [1.29, 1.82) is 0 Å². The van der Waals surface area contributed by atoms with Crippen molar-refractivity contribution in [3.63, 3.8) is 0 Å². The first-order valence-corrected chi connectivity index (χ1v) is 7.79. The van der Waals surface area contributed by atoms with Gasteiger partial charge in [0.1, 0.15) is 5.75 Å². The largest absolute Gasteiger partial charge is 0.493 e. The average molecular weight is 341 g/mol. The number of benzene rings is 1. The molecule has 0 bridgehead atoms. The van der Waals surface area contributed by atoms with Gasteiger partial charge >= 0.3 is 0 Å². The Bertz CT molecular complexity index is 489. The Labute approximate surface area is 128 Å². The molecule has 0 atom stereocenters. The first-order chi connectivity index (χ1) is 9.56. The molecule has 1 heterocycles. The first-order valence-electron chi connectivity index (χ1n) is 7.00. The molecule has 20 heavy (non-hydrogen) atoms. The minimum atomic E-state index is 0.0601. The normalized spacial score (nSPS) is 13.2. The molecule has 1 aliphatic heterocycles. The van der Waals surface area contributed by atoms with Gasteiger partial charge in [0, 0.05) is 42.0 Å². The van der Waals surface area contributed by atoms with Gasteiger partial charge in [-0.15, -0.1) is 0 Å². The van der Waals surface area contributed by atoms with Crippen LogP contribution in [-0.2, 0) is 17.8 Å². The highest BCUT2D eigenvalue weighted by atomic mass is 79.9. The predicted molar refractivity (Wildman–Crippen MR) is 82.9 cm³/mol.